The Morgan fingerprint density at radius 3 is 2.62 bits per heavy atom. The standard InChI is InChI=1S/C20H28N4O2/c1-24(2)14-4-11-21-17-10-13-22-19(15-17)20(25)23-12-9-16-5-7-18(26-3)8-6-16/h5-8,10,13,15H,4,9,11-12,14H2,1-3H3,(H,21,22)(H,23,25). The molecule has 140 valence electrons. The molecule has 1 heterocycles. The first-order valence-electron chi connectivity index (χ1n) is 8.84. The van der Waals surface area contributed by atoms with Crippen LogP contribution in [-0.2, 0) is 6.42 Å². The lowest BCUT2D eigenvalue weighted by atomic mass is 10.1. The minimum atomic E-state index is -0.157. The zero-order chi connectivity index (χ0) is 18.8. The van der Waals surface area contributed by atoms with E-state index in [2.05, 4.69) is 34.6 Å². The fourth-order valence-electron chi connectivity index (χ4n) is 2.50. The first-order chi connectivity index (χ1) is 12.6. The normalized spacial score (nSPS) is 10.6. The molecule has 0 spiro atoms. The van der Waals surface area contributed by atoms with Crippen molar-refractivity contribution in [3.05, 3.63) is 53.9 Å². The summed E-state index contributed by atoms with van der Waals surface area (Å²) in [4.78, 5) is 18.6. The Labute approximate surface area is 155 Å². The van der Waals surface area contributed by atoms with Gasteiger partial charge >= 0.3 is 0 Å². The number of benzene rings is 1. The zero-order valence-corrected chi connectivity index (χ0v) is 15.8. The Morgan fingerprint density at radius 1 is 1.15 bits per heavy atom. The number of anilines is 1. The van der Waals surface area contributed by atoms with Crippen molar-refractivity contribution in [2.45, 2.75) is 12.8 Å². The van der Waals surface area contributed by atoms with E-state index in [-0.39, 0.29) is 5.91 Å². The van der Waals surface area contributed by atoms with Gasteiger partial charge in [0.2, 0.25) is 0 Å². The number of ether oxygens (including phenoxy) is 1. The second-order valence-electron chi connectivity index (χ2n) is 6.37. The number of aromatic nitrogens is 1. The van der Waals surface area contributed by atoms with Crippen LogP contribution in [0.3, 0.4) is 0 Å². The van der Waals surface area contributed by atoms with E-state index in [1.54, 1.807) is 19.4 Å². The number of hydrogen-bond donors (Lipinski definition) is 2. The van der Waals surface area contributed by atoms with Crippen molar-refractivity contribution in [3.8, 4) is 5.75 Å². The summed E-state index contributed by atoms with van der Waals surface area (Å²) in [6.07, 6.45) is 3.46. The predicted octanol–water partition coefficient (Wildman–Crippen LogP) is 2.43. The molecule has 0 aliphatic heterocycles. The summed E-state index contributed by atoms with van der Waals surface area (Å²) >= 11 is 0. The van der Waals surface area contributed by atoms with Gasteiger partial charge in [0.15, 0.2) is 0 Å². The van der Waals surface area contributed by atoms with Gasteiger partial charge in [-0.1, -0.05) is 12.1 Å². The molecular formula is C20H28N4O2. The van der Waals surface area contributed by atoms with Crippen LogP contribution in [-0.4, -0.2) is 56.6 Å². The van der Waals surface area contributed by atoms with Crippen LogP contribution in [0.4, 0.5) is 5.69 Å². The molecule has 2 rings (SSSR count). The molecule has 1 aromatic carbocycles. The quantitative estimate of drug-likeness (QED) is 0.640. The van der Waals surface area contributed by atoms with E-state index in [0.717, 1.165) is 42.9 Å². The first kappa shape index (κ1) is 19.7. The van der Waals surface area contributed by atoms with Crippen LogP contribution in [0.15, 0.2) is 42.6 Å². The summed E-state index contributed by atoms with van der Waals surface area (Å²) in [6, 6.07) is 11.5. The third-order valence-electron chi connectivity index (χ3n) is 3.96. The summed E-state index contributed by atoms with van der Waals surface area (Å²) < 4.78 is 5.14. The van der Waals surface area contributed by atoms with Gasteiger partial charge in [-0.05, 0) is 63.3 Å². The maximum Gasteiger partial charge on any atom is 0.269 e. The van der Waals surface area contributed by atoms with Crippen LogP contribution < -0.4 is 15.4 Å². The average Bonchev–Trinajstić information content (AvgIpc) is 2.66. The third-order valence-corrected chi connectivity index (χ3v) is 3.96. The van der Waals surface area contributed by atoms with Gasteiger partial charge in [0.1, 0.15) is 11.4 Å². The molecule has 0 saturated carbocycles. The number of pyridine rings is 1. The largest absolute Gasteiger partial charge is 0.497 e. The molecule has 6 heteroatoms. The van der Waals surface area contributed by atoms with E-state index in [9.17, 15) is 4.79 Å². The minimum Gasteiger partial charge on any atom is -0.497 e. The van der Waals surface area contributed by atoms with E-state index < -0.39 is 0 Å². The summed E-state index contributed by atoms with van der Waals surface area (Å²) in [7, 11) is 5.76. The first-order valence-corrected chi connectivity index (χ1v) is 8.84. The van der Waals surface area contributed by atoms with Crippen molar-refractivity contribution >= 4 is 11.6 Å². The molecule has 0 aliphatic rings. The highest BCUT2D eigenvalue weighted by Gasteiger charge is 2.07. The van der Waals surface area contributed by atoms with E-state index >= 15 is 0 Å². The molecule has 2 aromatic rings. The van der Waals surface area contributed by atoms with Gasteiger partial charge in [0.25, 0.3) is 5.91 Å². The lowest BCUT2D eigenvalue weighted by molar-refractivity contribution is 0.0949. The van der Waals surface area contributed by atoms with Crippen LogP contribution in [0.2, 0.25) is 0 Å². The Bertz CT molecular complexity index is 686. The molecule has 1 amide bonds. The average molecular weight is 356 g/mol. The SMILES string of the molecule is COc1ccc(CCNC(=O)c2cc(NCCCN(C)C)ccn2)cc1. The van der Waals surface area contributed by atoms with Crippen molar-refractivity contribution in [1.82, 2.24) is 15.2 Å². The van der Waals surface area contributed by atoms with Crippen LogP contribution in [0.5, 0.6) is 5.75 Å². The van der Waals surface area contributed by atoms with Gasteiger partial charge in [-0.3, -0.25) is 9.78 Å². The fraction of sp³-hybridized carbons (Fsp3) is 0.400. The maximum atomic E-state index is 12.3. The van der Waals surface area contributed by atoms with Gasteiger partial charge < -0.3 is 20.3 Å². The Morgan fingerprint density at radius 2 is 1.92 bits per heavy atom. The van der Waals surface area contributed by atoms with Gasteiger partial charge in [0.05, 0.1) is 7.11 Å². The van der Waals surface area contributed by atoms with Crippen molar-refractivity contribution in [3.63, 3.8) is 0 Å². The van der Waals surface area contributed by atoms with Gasteiger partial charge in [0, 0.05) is 25.0 Å². The fourth-order valence-corrected chi connectivity index (χ4v) is 2.50. The van der Waals surface area contributed by atoms with Crippen molar-refractivity contribution in [2.75, 3.05) is 46.2 Å². The molecule has 0 fully saturated rings. The summed E-state index contributed by atoms with van der Waals surface area (Å²) in [6.45, 7) is 2.45. The molecule has 26 heavy (non-hydrogen) atoms. The molecule has 0 bridgehead atoms. The summed E-state index contributed by atoms with van der Waals surface area (Å²) in [5.74, 6) is 0.673. The number of carbonyl (C=O) groups is 1. The lowest BCUT2D eigenvalue weighted by Gasteiger charge is -2.11. The highest BCUT2D eigenvalue weighted by atomic mass is 16.5. The smallest absolute Gasteiger partial charge is 0.269 e. The van der Waals surface area contributed by atoms with E-state index in [0.29, 0.717) is 12.2 Å². The van der Waals surface area contributed by atoms with E-state index in [4.69, 9.17) is 4.74 Å². The third kappa shape index (κ3) is 6.72. The van der Waals surface area contributed by atoms with Crippen molar-refractivity contribution in [1.29, 1.82) is 0 Å². The van der Waals surface area contributed by atoms with Gasteiger partial charge in [-0.2, -0.15) is 0 Å². The Kier molecular flexibility index (Phi) is 7.89. The second kappa shape index (κ2) is 10.4. The maximum absolute atomic E-state index is 12.3. The Balaban J connectivity index is 1.78. The van der Waals surface area contributed by atoms with Crippen LogP contribution in [0.25, 0.3) is 0 Å². The highest BCUT2D eigenvalue weighted by molar-refractivity contribution is 5.93. The molecule has 0 radical (unpaired) electrons. The molecule has 6 nitrogen and oxygen atoms in total. The molecule has 1 aromatic heterocycles. The van der Waals surface area contributed by atoms with Crippen molar-refractivity contribution < 1.29 is 9.53 Å². The summed E-state index contributed by atoms with van der Waals surface area (Å²) in [5, 5.41) is 6.25. The number of amides is 1. The molecule has 0 unspecified atom stereocenters. The Hall–Kier alpha value is -2.60. The second-order valence-corrected chi connectivity index (χ2v) is 6.37. The lowest BCUT2D eigenvalue weighted by Crippen LogP contribution is -2.26. The topological polar surface area (TPSA) is 66.5 Å². The van der Waals surface area contributed by atoms with Crippen LogP contribution in [0.1, 0.15) is 22.5 Å². The molecular weight excluding hydrogens is 328 g/mol. The zero-order valence-electron chi connectivity index (χ0n) is 15.8. The molecule has 0 aliphatic carbocycles. The number of carbonyl (C=O) groups excluding carboxylic acids is 1. The predicted molar refractivity (Wildman–Crippen MR) is 105 cm³/mol. The number of methoxy groups -OCH3 is 1. The van der Waals surface area contributed by atoms with Crippen molar-refractivity contribution in [2.24, 2.45) is 0 Å². The molecule has 2 N–H and O–H groups in total. The number of nitrogens with one attached hydrogen (secondary N) is 2. The number of rotatable bonds is 10. The summed E-state index contributed by atoms with van der Waals surface area (Å²) in [5.41, 5.74) is 2.49. The number of hydrogen-bond acceptors (Lipinski definition) is 5. The van der Waals surface area contributed by atoms with Crippen LogP contribution >= 0.6 is 0 Å². The number of nitrogens with zero attached hydrogens (tertiary/aromatic N) is 2. The van der Waals surface area contributed by atoms with Gasteiger partial charge in [-0.25, -0.2) is 0 Å². The minimum absolute atomic E-state index is 0.157. The highest BCUT2D eigenvalue weighted by Crippen LogP contribution is 2.11. The van der Waals surface area contributed by atoms with E-state index in [1.807, 2.05) is 30.3 Å². The molecule has 0 atom stereocenters. The van der Waals surface area contributed by atoms with Crippen LogP contribution in [0, 0.1) is 0 Å². The van der Waals surface area contributed by atoms with E-state index in [1.165, 1.54) is 0 Å². The monoisotopic (exact) mass is 356 g/mol. The molecule has 0 saturated heterocycles. The van der Waals surface area contributed by atoms with Gasteiger partial charge in [-0.15, -0.1) is 0 Å².